The first-order chi connectivity index (χ1) is 10.4. The number of ether oxygens (including phenoxy) is 1. The van der Waals surface area contributed by atoms with E-state index in [4.69, 9.17) is 14.7 Å². The predicted molar refractivity (Wildman–Crippen MR) is 84.0 cm³/mol. The van der Waals surface area contributed by atoms with Crippen LogP contribution in [0.15, 0.2) is 24.3 Å². The fourth-order valence-electron chi connectivity index (χ4n) is 3.12. The van der Waals surface area contributed by atoms with Gasteiger partial charge in [-0.1, -0.05) is 12.1 Å². The minimum atomic E-state index is 0.759. The van der Waals surface area contributed by atoms with Gasteiger partial charge in [-0.25, -0.2) is 4.98 Å². The molecule has 5 nitrogen and oxygen atoms in total. The third-order valence-electron chi connectivity index (χ3n) is 4.27. The summed E-state index contributed by atoms with van der Waals surface area (Å²) >= 11 is 0. The van der Waals surface area contributed by atoms with Crippen LogP contribution in [-0.4, -0.2) is 49.4 Å². The second kappa shape index (κ2) is 5.48. The molecule has 3 heterocycles. The maximum absolute atomic E-state index is 5.43. The average Bonchev–Trinajstić information content (AvgIpc) is 3.09. The van der Waals surface area contributed by atoms with E-state index in [-0.39, 0.29) is 0 Å². The molecule has 0 spiro atoms. The minimum Gasteiger partial charge on any atom is -0.378 e. The summed E-state index contributed by atoms with van der Waals surface area (Å²) in [5.41, 5.74) is 1.04. The van der Waals surface area contributed by atoms with E-state index in [2.05, 4.69) is 28.0 Å². The zero-order valence-corrected chi connectivity index (χ0v) is 12.2. The molecule has 0 atom stereocenters. The van der Waals surface area contributed by atoms with E-state index in [0.717, 1.165) is 62.1 Å². The molecule has 2 aliphatic heterocycles. The van der Waals surface area contributed by atoms with Crippen LogP contribution in [0, 0.1) is 0 Å². The van der Waals surface area contributed by atoms with Crippen molar-refractivity contribution in [2.45, 2.75) is 12.8 Å². The number of rotatable bonds is 2. The van der Waals surface area contributed by atoms with E-state index in [0.29, 0.717) is 0 Å². The highest BCUT2D eigenvalue weighted by atomic mass is 16.5. The Morgan fingerprint density at radius 2 is 1.62 bits per heavy atom. The molecule has 2 aliphatic rings. The number of anilines is 2. The Morgan fingerprint density at radius 3 is 2.43 bits per heavy atom. The van der Waals surface area contributed by atoms with Gasteiger partial charge in [0.1, 0.15) is 5.82 Å². The number of hydrogen-bond donors (Lipinski definition) is 0. The highest BCUT2D eigenvalue weighted by molar-refractivity contribution is 5.90. The first-order valence-corrected chi connectivity index (χ1v) is 7.76. The van der Waals surface area contributed by atoms with Crippen LogP contribution in [-0.2, 0) is 4.74 Å². The van der Waals surface area contributed by atoms with Crippen LogP contribution in [0.2, 0.25) is 0 Å². The molecule has 1 aromatic heterocycles. The molecule has 0 aliphatic carbocycles. The number of benzene rings is 1. The maximum atomic E-state index is 5.43. The summed E-state index contributed by atoms with van der Waals surface area (Å²) in [5.74, 6) is 1.94. The van der Waals surface area contributed by atoms with Crippen LogP contribution in [0.25, 0.3) is 10.9 Å². The van der Waals surface area contributed by atoms with Crippen molar-refractivity contribution in [3.05, 3.63) is 24.3 Å². The molecule has 2 aromatic rings. The number of para-hydroxylation sites is 1. The van der Waals surface area contributed by atoms with Gasteiger partial charge in [0.25, 0.3) is 0 Å². The first-order valence-electron chi connectivity index (χ1n) is 7.76. The standard InChI is InChI=1S/C16H20N4O/c1-2-6-14-13(5-1)15(19-7-3-4-8-19)18-16(17-14)20-9-11-21-12-10-20/h1-2,5-6H,3-4,7-12H2. The lowest BCUT2D eigenvalue weighted by atomic mass is 10.2. The van der Waals surface area contributed by atoms with Gasteiger partial charge in [0.05, 0.1) is 18.7 Å². The van der Waals surface area contributed by atoms with Gasteiger partial charge >= 0.3 is 0 Å². The van der Waals surface area contributed by atoms with E-state index >= 15 is 0 Å². The normalized spacial score (nSPS) is 19.4. The van der Waals surface area contributed by atoms with Crippen molar-refractivity contribution in [3.8, 4) is 0 Å². The number of morpholine rings is 1. The zero-order valence-electron chi connectivity index (χ0n) is 12.2. The van der Waals surface area contributed by atoms with Crippen LogP contribution >= 0.6 is 0 Å². The lowest BCUT2D eigenvalue weighted by Crippen LogP contribution is -2.37. The largest absolute Gasteiger partial charge is 0.378 e. The molecule has 0 saturated carbocycles. The Hall–Kier alpha value is -1.88. The van der Waals surface area contributed by atoms with Gasteiger partial charge in [-0.3, -0.25) is 0 Å². The second-order valence-electron chi connectivity index (χ2n) is 5.66. The predicted octanol–water partition coefficient (Wildman–Crippen LogP) is 2.07. The lowest BCUT2D eigenvalue weighted by molar-refractivity contribution is 0.122. The molecule has 0 radical (unpaired) electrons. The monoisotopic (exact) mass is 284 g/mol. The van der Waals surface area contributed by atoms with E-state index in [1.807, 2.05) is 6.07 Å². The average molecular weight is 284 g/mol. The van der Waals surface area contributed by atoms with Crippen molar-refractivity contribution >= 4 is 22.7 Å². The fraction of sp³-hybridized carbons (Fsp3) is 0.500. The summed E-state index contributed by atoms with van der Waals surface area (Å²) in [6.45, 7) is 5.47. The SMILES string of the molecule is c1ccc2c(N3CCCC3)nc(N3CCOCC3)nc2c1. The summed E-state index contributed by atoms with van der Waals surface area (Å²) in [5, 5.41) is 1.16. The van der Waals surface area contributed by atoms with Gasteiger partial charge in [-0.05, 0) is 25.0 Å². The van der Waals surface area contributed by atoms with Crippen molar-refractivity contribution in [3.63, 3.8) is 0 Å². The van der Waals surface area contributed by atoms with Gasteiger partial charge in [-0.15, -0.1) is 0 Å². The van der Waals surface area contributed by atoms with Crippen LogP contribution < -0.4 is 9.80 Å². The number of aromatic nitrogens is 2. The van der Waals surface area contributed by atoms with E-state index in [9.17, 15) is 0 Å². The highest BCUT2D eigenvalue weighted by Gasteiger charge is 2.21. The van der Waals surface area contributed by atoms with Crippen LogP contribution in [0.5, 0.6) is 0 Å². The van der Waals surface area contributed by atoms with E-state index < -0.39 is 0 Å². The summed E-state index contributed by atoms with van der Waals surface area (Å²) in [4.78, 5) is 14.3. The third kappa shape index (κ3) is 2.42. The fourth-order valence-corrected chi connectivity index (χ4v) is 3.12. The van der Waals surface area contributed by atoms with Gasteiger partial charge in [0, 0.05) is 31.6 Å². The molecule has 2 fully saturated rings. The Labute approximate surface area is 124 Å². The van der Waals surface area contributed by atoms with Crippen LogP contribution in [0.4, 0.5) is 11.8 Å². The van der Waals surface area contributed by atoms with Gasteiger partial charge in [0.2, 0.25) is 5.95 Å². The first kappa shape index (κ1) is 12.8. The smallest absolute Gasteiger partial charge is 0.228 e. The molecule has 2 saturated heterocycles. The summed E-state index contributed by atoms with van der Waals surface area (Å²) in [7, 11) is 0. The van der Waals surface area contributed by atoms with Gasteiger partial charge in [0.15, 0.2) is 0 Å². The van der Waals surface area contributed by atoms with Crippen LogP contribution in [0.3, 0.4) is 0 Å². The minimum absolute atomic E-state index is 0.759. The van der Waals surface area contributed by atoms with E-state index in [1.165, 1.54) is 12.8 Å². The summed E-state index contributed by atoms with van der Waals surface area (Å²) in [6.07, 6.45) is 2.51. The van der Waals surface area contributed by atoms with Gasteiger partial charge in [-0.2, -0.15) is 4.98 Å². The molecule has 0 bridgehead atoms. The highest BCUT2D eigenvalue weighted by Crippen LogP contribution is 2.29. The number of nitrogens with zero attached hydrogens (tertiary/aromatic N) is 4. The second-order valence-corrected chi connectivity index (χ2v) is 5.66. The quantitative estimate of drug-likeness (QED) is 0.844. The zero-order chi connectivity index (χ0) is 14.1. The van der Waals surface area contributed by atoms with Crippen molar-refractivity contribution < 1.29 is 4.74 Å². The Morgan fingerprint density at radius 1 is 0.857 bits per heavy atom. The Kier molecular flexibility index (Phi) is 3.35. The Bertz CT molecular complexity index is 633. The number of hydrogen-bond acceptors (Lipinski definition) is 5. The molecule has 4 rings (SSSR count). The maximum Gasteiger partial charge on any atom is 0.228 e. The molecular weight excluding hydrogens is 264 g/mol. The van der Waals surface area contributed by atoms with Crippen LogP contribution in [0.1, 0.15) is 12.8 Å². The molecular formula is C16H20N4O. The molecule has 1 aromatic carbocycles. The molecule has 0 unspecified atom stereocenters. The molecule has 110 valence electrons. The molecule has 5 heteroatoms. The van der Waals surface area contributed by atoms with Crippen molar-refractivity contribution in [1.82, 2.24) is 9.97 Å². The molecule has 21 heavy (non-hydrogen) atoms. The number of fused-ring (bicyclic) bond motifs is 1. The summed E-state index contributed by atoms with van der Waals surface area (Å²) in [6, 6.07) is 8.33. The van der Waals surface area contributed by atoms with Crippen molar-refractivity contribution in [1.29, 1.82) is 0 Å². The molecule has 0 amide bonds. The van der Waals surface area contributed by atoms with Crippen molar-refractivity contribution in [2.75, 3.05) is 49.2 Å². The van der Waals surface area contributed by atoms with Gasteiger partial charge < -0.3 is 14.5 Å². The summed E-state index contributed by atoms with van der Waals surface area (Å²) < 4.78 is 5.43. The third-order valence-corrected chi connectivity index (χ3v) is 4.27. The topological polar surface area (TPSA) is 41.5 Å². The van der Waals surface area contributed by atoms with Crippen molar-refractivity contribution in [2.24, 2.45) is 0 Å². The lowest BCUT2D eigenvalue weighted by Gasteiger charge is -2.28. The molecule has 0 N–H and O–H groups in total. The van der Waals surface area contributed by atoms with E-state index in [1.54, 1.807) is 0 Å². The Balaban J connectivity index is 1.80.